The highest BCUT2D eigenvalue weighted by molar-refractivity contribution is 7.46. The number of hydrogen-bond donors (Lipinski definition) is 7. The summed E-state index contributed by atoms with van der Waals surface area (Å²) in [5.74, 6) is -2.21. The molecule has 0 aliphatic carbocycles. The molecule has 61 heavy (non-hydrogen) atoms. The Morgan fingerprint density at radius 3 is 1.87 bits per heavy atom. The number of primary amides is 1. The lowest BCUT2D eigenvalue weighted by molar-refractivity contribution is -0.143. The first-order chi connectivity index (χ1) is 29.3. The van der Waals surface area contributed by atoms with Gasteiger partial charge in [-0.1, -0.05) is 128 Å². The monoisotopic (exact) mass is 877 g/mol. The predicted molar refractivity (Wildman–Crippen MR) is 237 cm³/mol. The van der Waals surface area contributed by atoms with Gasteiger partial charge in [-0.15, -0.1) is 0 Å². The highest BCUT2D eigenvalue weighted by atomic mass is 31.2. The van der Waals surface area contributed by atoms with Crippen molar-refractivity contribution < 1.29 is 42.8 Å². The van der Waals surface area contributed by atoms with E-state index in [1.165, 1.54) is 108 Å². The molecule has 8 N–H and O–H groups in total. The van der Waals surface area contributed by atoms with Gasteiger partial charge in [0.25, 0.3) is 0 Å². The number of phosphoric ester groups is 1. The summed E-state index contributed by atoms with van der Waals surface area (Å²) < 4.78 is 15.7. The van der Waals surface area contributed by atoms with Gasteiger partial charge >= 0.3 is 7.82 Å². The molecule has 1 aromatic rings. The summed E-state index contributed by atoms with van der Waals surface area (Å²) in [6.45, 7) is 2.72. The van der Waals surface area contributed by atoms with Crippen molar-refractivity contribution in [2.75, 3.05) is 13.6 Å². The number of fused-ring (bicyclic) bond motifs is 1. The van der Waals surface area contributed by atoms with Crippen molar-refractivity contribution in [3.63, 3.8) is 0 Å². The number of carbonyl (C=O) groups is 5. The van der Waals surface area contributed by atoms with Crippen LogP contribution >= 0.6 is 7.82 Å². The molecule has 0 spiro atoms. The molecular formula is C45H77N6O9P. The molecule has 5 amide bonds. The molecule has 2 fully saturated rings. The summed E-state index contributed by atoms with van der Waals surface area (Å²) in [6, 6.07) is 2.41. The van der Waals surface area contributed by atoms with E-state index in [1.54, 1.807) is 24.1 Å². The zero-order chi connectivity index (χ0) is 44.5. The van der Waals surface area contributed by atoms with Gasteiger partial charge in [0.1, 0.15) is 23.9 Å². The maximum absolute atomic E-state index is 14.0. The number of amides is 5. The highest BCUT2D eigenvalue weighted by Gasteiger charge is 2.45. The van der Waals surface area contributed by atoms with E-state index in [9.17, 15) is 28.5 Å². The molecule has 2 aliphatic heterocycles. The van der Waals surface area contributed by atoms with Crippen LogP contribution in [0, 0.1) is 0 Å². The molecule has 3 rings (SSSR count). The summed E-state index contributed by atoms with van der Waals surface area (Å²) in [4.78, 5) is 85.9. The fourth-order valence-corrected chi connectivity index (χ4v) is 8.99. The maximum Gasteiger partial charge on any atom is 0.524 e. The molecule has 2 saturated heterocycles. The topological polar surface area (TPSA) is 229 Å². The number of carbonyl (C=O) groups excluding carboxylic acids is 5. The number of nitrogens with one attached hydrogen (secondary N) is 4. The average Bonchev–Trinajstić information content (AvgIpc) is 3.58. The highest BCUT2D eigenvalue weighted by Crippen LogP contribution is 2.37. The number of phosphoric acid groups is 1. The molecule has 5 atom stereocenters. The minimum Gasteiger partial charge on any atom is -0.404 e. The number of nitrogens with two attached hydrogens (primary N) is 1. The summed E-state index contributed by atoms with van der Waals surface area (Å²) >= 11 is 0. The first-order valence-electron chi connectivity index (χ1n) is 23.3. The predicted octanol–water partition coefficient (Wildman–Crippen LogP) is 6.23. The number of likely N-dealkylation sites (N-methyl/N-ethyl adjacent to an activating group) is 1. The molecule has 346 valence electrons. The lowest BCUT2D eigenvalue weighted by Gasteiger charge is -2.32. The minimum absolute atomic E-state index is 0.0129. The zero-order valence-corrected chi connectivity index (χ0v) is 37.9. The van der Waals surface area contributed by atoms with Gasteiger partial charge in [-0.2, -0.15) is 0 Å². The Balaban J connectivity index is 1.40. The van der Waals surface area contributed by atoms with Crippen LogP contribution in [0.4, 0.5) is 0 Å². The SMILES string of the molecule is CCCCCCCCCCCCCCCCCCCCNC(=O)[C@H](CCC(N)=O)NC(=O)[C@@H]1CC[C@@H]2CCC[C@H](NC(=O)[C@H](Cc3ccc(OP(=O)(O)O)cc3)NC)C(=O)N21. The summed E-state index contributed by atoms with van der Waals surface area (Å²) in [5.41, 5.74) is 6.11. The quantitative estimate of drug-likeness (QED) is 0.0319. The number of nitrogens with zero attached hydrogens (tertiary/aromatic N) is 1. The molecule has 0 radical (unpaired) electrons. The Bertz CT molecular complexity index is 1530. The zero-order valence-electron chi connectivity index (χ0n) is 37.0. The van der Waals surface area contributed by atoms with Crippen LogP contribution in [0.2, 0.25) is 0 Å². The maximum atomic E-state index is 14.0. The Morgan fingerprint density at radius 1 is 0.787 bits per heavy atom. The van der Waals surface area contributed by atoms with Crippen molar-refractivity contribution in [2.24, 2.45) is 5.73 Å². The first kappa shape index (κ1) is 51.8. The van der Waals surface area contributed by atoms with Crippen molar-refractivity contribution in [3.05, 3.63) is 29.8 Å². The second-order valence-electron chi connectivity index (χ2n) is 17.1. The van der Waals surface area contributed by atoms with Gasteiger partial charge < -0.3 is 36.4 Å². The van der Waals surface area contributed by atoms with Crippen LogP contribution < -0.4 is 31.5 Å². The molecule has 2 heterocycles. The van der Waals surface area contributed by atoms with Crippen LogP contribution in [0.15, 0.2) is 24.3 Å². The van der Waals surface area contributed by atoms with Gasteiger partial charge in [0.05, 0.1) is 6.04 Å². The fourth-order valence-electron chi connectivity index (χ4n) is 8.59. The number of hydrogen-bond acceptors (Lipinski definition) is 8. The van der Waals surface area contributed by atoms with E-state index in [0.29, 0.717) is 44.2 Å². The molecule has 15 nitrogen and oxygen atoms in total. The van der Waals surface area contributed by atoms with Gasteiger partial charge in [-0.25, -0.2) is 4.57 Å². The first-order valence-corrected chi connectivity index (χ1v) is 24.9. The van der Waals surface area contributed by atoms with E-state index in [2.05, 4.69) is 32.7 Å². The molecule has 0 aromatic heterocycles. The van der Waals surface area contributed by atoms with Gasteiger partial charge in [-0.3, -0.25) is 33.8 Å². The standard InChI is InChI=1S/C45H77N6O9P/c1-3-4-5-6-7-8-9-10-11-12-13-14-15-16-17-18-19-20-32-48-42(53)37(29-31-41(46)52)49-44(55)40-30-26-35-22-21-23-38(45(56)51(35)40)50-43(54)39(47-2)33-34-24-27-36(28-25-34)60-61(57,58)59/h24-25,27-28,35,37-40,47H,3-23,26,29-33H2,1-2H3,(H2,46,52)(H,48,53)(H,49,55)(H,50,54)(H2,57,58,59)/t35-,37-,38-,39-,40-/m0/s1. The average molecular weight is 877 g/mol. The van der Waals surface area contributed by atoms with E-state index in [-0.39, 0.29) is 42.9 Å². The van der Waals surface area contributed by atoms with Crippen LogP contribution in [0.1, 0.15) is 173 Å². The van der Waals surface area contributed by atoms with Crippen molar-refractivity contribution in [2.45, 2.75) is 204 Å². The van der Waals surface area contributed by atoms with E-state index >= 15 is 0 Å². The largest absolute Gasteiger partial charge is 0.524 e. The Kier molecular flexibility index (Phi) is 24.6. The second-order valence-corrected chi connectivity index (χ2v) is 18.3. The van der Waals surface area contributed by atoms with Crippen molar-refractivity contribution in [1.29, 1.82) is 0 Å². The number of benzene rings is 1. The third-order valence-corrected chi connectivity index (χ3v) is 12.5. The van der Waals surface area contributed by atoms with E-state index < -0.39 is 49.7 Å². The van der Waals surface area contributed by atoms with Crippen molar-refractivity contribution >= 4 is 37.4 Å². The molecule has 16 heteroatoms. The minimum atomic E-state index is -4.71. The third-order valence-electron chi connectivity index (χ3n) is 12.1. The second kappa shape index (κ2) is 29.0. The lowest BCUT2D eigenvalue weighted by Crippen LogP contribution is -2.58. The van der Waals surface area contributed by atoms with Crippen LogP contribution in [0.3, 0.4) is 0 Å². The molecule has 0 unspecified atom stereocenters. The number of rotatable bonds is 32. The van der Waals surface area contributed by atoms with E-state index in [4.69, 9.17) is 15.5 Å². The smallest absolute Gasteiger partial charge is 0.404 e. The van der Waals surface area contributed by atoms with Crippen molar-refractivity contribution in [3.8, 4) is 5.75 Å². The summed E-state index contributed by atoms with van der Waals surface area (Å²) in [6.07, 6.45) is 25.9. The Morgan fingerprint density at radius 2 is 1.34 bits per heavy atom. The Hall–Kier alpha value is -3.52. The van der Waals surface area contributed by atoms with Gasteiger partial charge in [0.2, 0.25) is 29.5 Å². The van der Waals surface area contributed by atoms with Crippen LogP contribution in [0.5, 0.6) is 5.75 Å². The van der Waals surface area contributed by atoms with Crippen LogP contribution in [-0.2, 0) is 35.0 Å². The van der Waals surface area contributed by atoms with Gasteiger partial charge in [0, 0.05) is 19.0 Å². The molecule has 2 aliphatic rings. The normalized spacial score (nSPS) is 18.8. The van der Waals surface area contributed by atoms with Crippen LogP contribution in [0.25, 0.3) is 0 Å². The molecular weight excluding hydrogens is 800 g/mol. The molecule has 1 aromatic carbocycles. The van der Waals surface area contributed by atoms with Gasteiger partial charge in [-0.05, 0) is 76.1 Å². The van der Waals surface area contributed by atoms with E-state index in [1.807, 2.05) is 0 Å². The van der Waals surface area contributed by atoms with Crippen LogP contribution in [-0.4, -0.2) is 88.0 Å². The third kappa shape index (κ3) is 20.5. The molecule has 0 bridgehead atoms. The van der Waals surface area contributed by atoms with E-state index in [0.717, 1.165) is 19.3 Å². The van der Waals surface area contributed by atoms with Crippen molar-refractivity contribution in [1.82, 2.24) is 26.2 Å². The fraction of sp³-hybridized carbons (Fsp3) is 0.756. The van der Waals surface area contributed by atoms with Gasteiger partial charge in [0.15, 0.2) is 0 Å². The molecule has 0 saturated carbocycles. The summed E-state index contributed by atoms with van der Waals surface area (Å²) in [7, 11) is -3.09. The Labute approximate surface area is 364 Å². The number of unbranched alkanes of at least 4 members (excludes halogenated alkanes) is 17. The summed E-state index contributed by atoms with van der Waals surface area (Å²) in [5, 5.41) is 11.6. The lowest BCUT2D eigenvalue weighted by atomic mass is 10.0.